The molecular formula is C15H13ClN2O. The zero-order chi connectivity index (χ0) is 14.0. The molecule has 0 N–H and O–H groups in total. The number of hydrogen-bond acceptors (Lipinski definition) is 2. The van der Waals surface area contributed by atoms with Crippen molar-refractivity contribution in [2.24, 2.45) is 7.05 Å². The van der Waals surface area contributed by atoms with Crippen molar-refractivity contribution in [3.63, 3.8) is 0 Å². The van der Waals surface area contributed by atoms with E-state index in [1.807, 2.05) is 13.0 Å². The number of benzene rings is 1. The Morgan fingerprint density at radius 1 is 1.26 bits per heavy atom. The van der Waals surface area contributed by atoms with Crippen molar-refractivity contribution < 1.29 is 4.79 Å². The number of rotatable bonds is 3. The fourth-order valence-corrected chi connectivity index (χ4v) is 2.13. The molecule has 1 aromatic heterocycles. The molecule has 1 atom stereocenters. The maximum atomic E-state index is 12.4. The van der Waals surface area contributed by atoms with Gasteiger partial charge in [0.1, 0.15) is 0 Å². The van der Waals surface area contributed by atoms with Crippen LogP contribution in [0.15, 0.2) is 36.4 Å². The monoisotopic (exact) mass is 272 g/mol. The van der Waals surface area contributed by atoms with Crippen molar-refractivity contribution in [1.29, 1.82) is 5.26 Å². The molecule has 0 bridgehead atoms. The molecule has 2 aromatic rings. The molecule has 4 heteroatoms. The highest BCUT2D eigenvalue weighted by molar-refractivity contribution is 6.30. The minimum absolute atomic E-state index is 0.0736. The SMILES string of the molecule is CC(C#N)c1ccc(C(=O)c2ccc(Cl)cc2)n1C. The Kier molecular flexibility index (Phi) is 3.73. The molecule has 0 amide bonds. The van der Waals surface area contributed by atoms with Crippen molar-refractivity contribution in [3.05, 3.63) is 58.4 Å². The maximum absolute atomic E-state index is 12.4. The third-order valence-electron chi connectivity index (χ3n) is 3.14. The van der Waals surface area contributed by atoms with E-state index < -0.39 is 0 Å². The summed E-state index contributed by atoms with van der Waals surface area (Å²) in [4.78, 5) is 12.4. The van der Waals surface area contributed by atoms with Gasteiger partial charge in [0.25, 0.3) is 0 Å². The highest BCUT2D eigenvalue weighted by atomic mass is 35.5. The Morgan fingerprint density at radius 3 is 2.47 bits per heavy atom. The summed E-state index contributed by atoms with van der Waals surface area (Å²) in [5.74, 6) is -0.313. The van der Waals surface area contributed by atoms with Gasteiger partial charge in [-0.25, -0.2) is 0 Å². The Morgan fingerprint density at radius 2 is 1.89 bits per heavy atom. The van der Waals surface area contributed by atoms with E-state index in [-0.39, 0.29) is 11.7 Å². The van der Waals surface area contributed by atoms with Crippen LogP contribution in [0, 0.1) is 11.3 Å². The zero-order valence-corrected chi connectivity index (χ0v) is 11.5. The number of nitriles is 1. The van der Waals surface area contributed by atoms with Crippen LogP contribution in [0.1, 0.15) is 34.6 Å². The summed E-state index contributed by atoms with van der Waals surface area (Å²) in [6, 6.07) is 12.5. The van der Waals surface area contributed by atoms with Gasteiger partial charge in [-0.15, -0.1) is 0 Å². The predicted octanol–water partition coefficient (Wildman–Crippen LogP) is 3.54. The second kappa shape index (κ2) is 5.29. The van der Waals surface area contributed by atoms with Crippen LogP contribution in [0.4, 0.5) is 0 Å². The summed E-state index contributed by atoms with van der Waals surface area (Å²) >= 11 is 5.81. The molecule has 0 spiro atoms. The number of halogens is 1. The first kappa shape index (κ1) is 13.4. The minimum atomic E-state index is -0.239. The first-order valence-corrected chi connectivity index (χ1v) is 6.28. The van der Waals surface area contributed by atoms with Gasteiger partial charge in [0.05, 0.1) is 17.7 Å². The predicted molar refractivity (Wildman–Crippen MR) is 74.3 cm³/mol. The summed E-state index contributed by atoms with van der Waals surface area (Å²) in [7, 11) is 1.80. The third kappa shape index (κ3) is 2.54. The minimum Gasteiger partial charge on any atom is -0.344 e. The van der Waals surface area contributed by atoms with Crippen LogP contribution in [-0.4, -0.2) is 10.4 Å². The van der Waals surface area contributed by atoms with E-state index in [0.717, 1.165) is 5.69 Å². The Hall–Kier alpha value is -2.05. The van der Waals surface area contributed by atoms with Gasteiger partial charge in [0.15, 0.2) is 0 Å². The highest BCUT2D eigenvalue weighted by Gasteiger charge is 2.17. The third-order valence-corrected chi connectivity index (χ3v) is 3.39. The largest absolute Gasteiger partial charge is 0.344 e. The van der Waals surface area contributed by atoms with Crippen LogP contribution in [0.3, 0.4) is 0 Å². The van der Waals surface area contributed by atoms with Gasteiger partial charge in [-0.3, -0.25) is 4.79 Å². The van der Waals surface area contributed by atoms with E-state index in [4.69, 9.17) is 16.9 Å². The molecule has 0 saturated heterocycles. The van der Waals surface area contributed by atoms with Crippen LogP contribution >= 0.6 is 11.6 Å². The molecule has 1 unspecified atom stereocenters. The van der Waals surface area contributed by atoms with Gasteiger partial charge in [0, 0.05) is 23.3 Å². The lowest BCUT2D eigenvalue weighted by atomic mass is 10.1. The lowest BCUT2D eigenvalue weighted by Crippen LogP contribution is -2.10. The van der Waals surface area contributed by atoms with Gasteiger partial charge in [-0.05, 0) is 43.3 Å². The Labute approximate surface area is 117 Å². The molecule has 96 valence electrons. The number of hydrogen-bond donors (Lipinski definition) is 0. The molecule has 1 heterocycles. The van der Waals surface area contributed by atoms with Gasteiger partial charge in [-0.1, -0.05) is 11.6 Å². The summed E-state index contributed by atoms with van der Waals surface area (Å²) in [5, 5.41) is 9.54. The van der Waals surface area contributed by atoms with Gasteiger partial charge in [-0.2, -0.15) is 5.26 Å². The summed E-state index contributed by atoms with van der Waals surface area (Å²) < 4.78 is 1.77. The number of ketones is 1. The quantitative estimate of drug-likeness (QED) is 0.802. The summed E-state index contributed by atoms with van der Waals surface area (Å²) in [5.41, 5.74) is 1.99. The van der Waals surface area contributed by atoms with Crippen LogP contribution in [0.2, 0.25) is 5.02 Å². The van der Waals surface area contributed by atoms with E-state index in [0.29, 0.717) is 16.3 Å². The second-order valence-corrected chi connectivity index (χ2v) is 4.83. The molecule has 0 radical (unpaired) electrons. The first-order chi connectivity index (χ1) is 9.04. The lowest BCUT2D eigenvalue weighted by Gasteiger charge is -2.08. The smallest absolute Gasteiger partial charge is 0.209 e. The van der Waals surface area contributed by atoms with Gasteiger partial charge in [0.2, 0.25) is 5.78 Å². The van der Waals surface area contributed by atoms with Crippen LogP contribution in [0.25, 0.3) is 0 Å². The topological polar surface area (TPSA) is 45.8 Å². The van der Waals surface area contributed by atoms with Crippen molar-refractivity contribution in [3.8, 4) is 6.07 Å². The number of nitrogens with zero attached hydrogens (tertiary/aromatic N) is 2. The fraction of sp³-hybridized carbons (Fsp3) is 0.200. The molecule has 0 aliphatic rings. The standard InChI is InChI=1S/C15H13ClN2O/c1-10(9-17)13-7-8-14(18(13)2)15(19)11-3-5-12(16)6-4-11/h3-8,10H,1-2H3. The van der Waals surface area contributed by atoms with Gasteiger partial charge < -0.3 is 4.57 Å². The molecule has 0 saturated carbocycles. The number of carbonyl (C=O) groups excluding carboxylic acids is 1. The average molecular weight is 273 g/mol. The summed E-state index contributed by atoms with van der Waals surface area (Å²) in [6.45, 7) is 1.81. The van der Waals surface area contributed by atoms with Crippen LogP contribution < -0.4 is 0 Å². The molecule has 0 aliphatic heterocycles. The van der Waals surface area contributed by atoms with E-state index in [2.05, 4.69) is 6.07 Å². The molecular weight excluding hydrogens is 260 g/mol. The highest BCUT2D eigenvalue weighted by Crippen LogP contribution is 2.20. The van der Waals surface area contributed by atoms with E-state index >= 15 is 0 Å². The maximum Gasteiger partial charge on any atom is 0.209 e. The van der Waals surface area contributed by atoms with Crippen molar-refractivity contribution in [1.82, 2.24) is 4.57 Å². The molecule has 2 rings (SSSR count). The molecule has 0 fully saturated rings. The van der Waals surface area contributed by atoms with Crippen LogP contribution in [0.5, 0.6) is 0 Å². The van der Waals surface area contributed by atoms with Crippen molar-refractivity contribution in [2.75, 3.05) is 0 Å². The number of carbonyl (C=O) groups is 1. The number of aromatic nitrogens is 1. The fourth-order valence-electron chi connectivity index (χ4n) is 2.01. The van der Waals surface area contributed by atoms with E-state index in [1.54, 1.807) is 41.9 Å². The van der Waals surface area contributed by atoms with E-state index in [9.17, 15) is 4.79 Å². The lowest BCUT2D eigenvalue weighted by molar-refractivity contribution is 0.103. The Bertz CT molecular complexity index is 650. The summed E-state index contributed by atoms with van der Waals surface area (Å²) in [6.07, 6.45) is 0. The second-order valence-electron chi connectivity index (χ2n) is 4.39. The zero-order valence-electron chi connectivity index (χ0n) is 10.7. The molecule has 19 heavy (non-hydrogen) atoms. The molecule has 1 aromatic carbocycles. The molecule has 3 nitrogen and oxygen atoms in total. The normalized spacial score (nSPS) is 11.9. The van der Waals surface area contributed by atoms with Crippen LogP contribution in [-0.2, 0) is 7.05 Å². The van der Waals surface area contributed by atoms with Crippen molar-refractivity contribution in [2.45, 2.75) is 12.8 Å². The Balaban J connectivity index is 2.38. The van der Waals surface area contributed by atoms with E-state index in [1.165, 1.54) is 0 Å². The average Bonchev–Trinajstić information content (AvgIpc) is 2.80. The molecule has 0 aliphatic carbocycles. The van der Waals surface area contributed by atoms with Crippen molar-refractivity contribution >= 4 is 17.4 Å². The van der Waals surface area contributed by atoms with Gasteiger partial charge >= 0.3 is 0 Å². The first-order valence-electron chi connectivity index (χ1n) is 5.90.